The van der Waals surface area contributed by atoms with Crippen LogP contribution < -0.4 is 27.1 Å². The van der Waals surface area contributed by atoms with E-state index >= 15 is 0 Å². The minimum absolute atomic E-state index is 0.184. The Kier molecular flexibility index (Phi) is 5.65. The number of aromatic nitrogens is 2. The van der Waals surface area contributed by atoms with Gasteiger partial charge in [0, 0.05) is 25.4 Å². The summed E-state index contributed by atoms with van der Waals surface area (Å²) in [6.07, 6.45) is 0.819. The summed E-state index contributed by atoms with van der Waals surface area (Å²) in [4.78, 5) is 41.6. The van der Waals surface area contributed by atoms with E-state index in [0.717, 1.165) is 22.9 Å². The Labute approximate surface area is 189 Å². The Balaban J connectivity index is 1.85. The Morgan fingerprint density at radius 1 is 1.18 bits per heavy atom. The maximum absolute atomic E-state index is 14.9. The third kappa shape index (κ3) is 3.90. The van der Waals surface area contributed by atoms with E-state index in [1.165, 1.54) is 11.8 Å². The molecule has 1 atom stereocenters. The molecule has 3 aromatic rings. The molecule has 1 aliphatic heterocycles. The molecule has 1 aliphatic rings. The first-order chi connectivity index (χ1) is 16.0. The van der Waals surface area contributed by atoms with Gasteiger partial charge in [0.05, 0.1) is 28.8 Å². The lowest BCUT2D eigenvalue weighted by Gasteiger charge is -2.40. The van der Waals surface area contributed by atoms with Gasteiger partial charge in [-0.05, 0) is 19.1 Å². The van der Waals surface area contributed by atoms with E-state index in [1.807, 2.05) is 0 Å². The monoisotopic (exact) mass is 476 g/mol. The van der Waals surface area contributed by atoms with Crippen LogP contribution in [0.15, 0.2) is 29.2 Å². The molecule has 1 aromatic carbocycles. The van der Waals surface area contributed by atoms with Crippen LogP contribution in [-0.4, -0.2) is 51.7 Å². The van der Waals surface area contributed by atoms with Gasteiger partial charge in [0.1, 0.15) is 17.2 Å². The highest BCUT2D eigenvalue weighted by atomic mass is 19.1. The average molecular weight is 476 g/mol. The van der Waals surface area contributed by atoms with E-state index < -0.39 is 51.5 Å². The second-order valence-corrected chi connectivity index (χ2v) is 7.94. The molecule has 2 aromatic heterocycles. The van der Waals surface area contributed by atoms with E-state index in [-0.39, 0.29) is 42.2 Å². The fraction of sp³-hybridized carbons (Fsp3) is 0.238. The van der Waals surface area contributed by atoms with Gasteiger partial charge >= 0.3 is 5.97 Å². The number of nitrogen functional groups attached to an aromatic ring is 1. The van der Waals surface area contributed by atoms with Crippen molar-refractivity contribution >= 4 is 34.4 Å². The number of rotatable bonds is 5. The largest absolute Gasteiger partial charge is 0.477 e. The number of carbonyl (C=O) groups excluding carboxylic acids is 1. The highest BCUT2D eigenvalue weighted by Gasteiger charge is 2.32. The fourth-order valence-electron chi connectivity index (χ4n) is 3.59. The number of carboxylic acid groups (broad SMARTS) is 1. The van der Waals surface area contributed by atoms with E-state index in [2.05, 4.69) is 10.3 Å². The van der Waals surface area contributed by atoms with E-state index in [9.17, 15) is 32.7 Å². The number of nitrogens with zero attached hydrogens (tertiary/aromatic N) is 3. The Morgan fingerprint density at radius 2 is 1.85 bits per heavy atom. The number of nitrogens with one attached hydrogen (secondary N) is 1. The fourth-order valence-corrected chi connectivity index (χ4v) is 3.59. The van der Waals surface area contributed by atoms with Crippen molar-refractivity contribution in [2.45, 2.75) is 19.0 Å². The molecule has 0 aliphatic carbocycles. The molecule has 3 heterocycles. The lowest BCUT2D eigenvalue weighted by atomic mass is 10.1. The van der Waals surface area contributed by atoms with Crippen molar-refractivity contribution in [3.63, 3.8) is 0 Å². The van der Waals surface area contributed by atoms with Crippen LogP contribution in [0.2, 0.25) is 0 Å². The van der Waals surface area contributed by atoms with Crippen molar-refractivity contribution in [3.8, 4) is 5.69 Å². The van der Waals surface area contributed by atoms with Crippen LogP contribution in [0.25, 0.3) is 16.7 Å². The zero-order valence-electron chi connectivity index (χ0n) is 17.7. The summed E-state index contributed by atoms with van der Waals surface area (Å²) < 4.78 is 44.1. The summed E-state index contributed by atoms with van der Waals surface area (Å²) in [5.74, 6) is -5.28. The third-order valence-corrected chi connectivity index (χ3v) is 5.41. The lowest BCUT2D eigenvalue weighted by molar-refractivity contribution is -0.122. The van der Waals surface area contributed by atoms with Gasteiger partial charge in [0.2, 0.25) is 11.3 Å². The number of hydrogen-bond donors (Lipinski definition) is 4. The second-order valence-electron chi connectivity index (χ2n) is 7.94. The first-order valence-electron chi connectivity index (χ1n) is 10.0. The molecule has 0 spiro atoms. The first kappa shape index (κ1) is 23.0. The predicted molar refractivity (Wildman–Crippen MR) is 116 cm³/mol. The normalized spacial score (nSPS) is 14.7. The van der Waals surface area contributed by atoms with Gasteiger partial charge in [0.15, 0.2) is 17.3 Å². The molecule has 0 bridgehead atoms. The molecule has 1 saturated heterocycles. The molecule has 34 heavy (non-hydrogen) atoms. The van der Waals surface area contributed by atoms with Crippen LogP contribution >= 0.6 is 0 Å². The molecule has 0 unspecified atom stereocenters. The number of hydrogen-bond acceptors (Lipinski definition) is 7. The molecule has 10 nitrogen and oxygen atoms in total. The van der Waals surface area contributed by atoms with E-state index in [4.69, 9.17) is 11.5 Å². The molecule has 0 radical (unpaired) electrons. The van der Waals surface area contributed by atoms with Crippen LogP contribution in [0.1, 0.15) is 17.3 Å². The summed E-state index contributed by atoms with van der Waals surface area (Å²) in [5, 5.41) is 11.7. The molecular formula is C21H19F3N6O4. The molecule has 1 amide bonds. The van der Waals surface area contributed by atoms with Gasteiger partial charge in [-0.15, -0.1) is 0 Å². The SMILES string of the molecule is C[C@H](N)C(=O)NC1CN(c2nc3c(cc2F)c(=O)c(C(=O)O)cn3-c2cc(N)c(F)cc2F)C1. The zero-order chi connectivity index (χ0) is 24.9. The van der Waals surface area contributed by atoms with Crippen LogP contribution in [-0.2, 0) is 4.79 Å². The summed E-state index contributed by atoms with van der Waals surface area (Å²) in [7, 11) is 0. The van der Waals surface area contributed by atoms with Gasteiger partial charge < -0.3 is 26.8 Å². The molecule has 4 rings (SSSR count). The average Bonchev–Trinajstić information content (AvgIpc) is 2.73. The molecule has 1 fully saturated rings. The van der Waals surface area contributed by atoms with Crippen LogP contribution in [0.4, 0.5) is 24.7 Å². The summed E-state index contributed by atoms with van der Waals surface area (Å²) in [6, 6.07) is 1.18. The van der Waals surface area contributed by atoms with Crippen molar-refractivity contribution in [3.05, 3.63) is 57.6 Å². The summed E-state index contributed by atoms with van der Waals surface area (Å²) in [6.45, 7) is 1.88. The molecule has 178 valence electrons. The number of benzene rings is 1. The summed E-state index contributed by atoms with van der Waals surface area (Å²) >= 11 is 0. The maximum atomic E-state index is 14.9. The van der Waals surface area contributed by atoms with Crippen molar-refractivity contribution in [2.75, 3.05) is 23.7 Å². The zero-order valence-corrected chi connectivity index (χ0v) is 17.7. The molecular weight excluding hydrogens is 457 g/mol. The quantitative estimate of drug-likeness (QED) is 0.393. The standard InChI is InChI=1S/C21H19F3N6O4/c1-8(25)20(32)27-9-5-29(6-9)19-14(24)2-10-17(31)11(21(33)34)7-30(18(10)28-19)16-4-15(26)12(22)3-13(16)23/h2-4,7-9H,5-6,25-26H2,1H3,(H,27,32)(H,33,34)/t8-/m0/s1. The van der Waals surface area contributed by atoms with Crippen LogP contribution in [0.3, 0.4) is 0 Å². The van der Waals surface area contributed by atoms with Crippen molar-refractivity contribution < 1.29 is 27.9 Å². The van der Waals surface area contributed by atoms with Gasteiger partial charge in [-0.25, -0.2) is 22.9 Å². The number of carbonyl (C=O) groups is 2. The van der Waals surface area contributed by atoms with Crippen molar-refractivity contribution in [2.24, 2.45) is 5.73 Å². The summed E-state index contributed by atoms with van der Waals surface area (Å²) in [5.41, 5.74) is 8.17. The van der Waals surface area contributed by atoms with Crippen molar-refractivity contribution in [1.82, 2.24) is 14.9 Å². The van der Waals surface area contributed by atoms with Gasteiger partial charge in [-0.3, -0.25) is 14.2 Å². The lowest BCUT2D eigenvalue weighted by Crippen LogP contribution is -2.61. The molecule has 0 saturated carbocycles. The predicted octanol–water partition coefficient (Wildman–Crippen LogP) is 0.735. The number of fused-ring (bicyclic) bond motifs is 1. The van der Waals surface area contributed by atoms with Crippen LogP contribution in [0, 0.1) is 17.5 Å². The number of anilines is 2. The number of amides is 1. The smallest absolute Gasteiger partial charge is 0.341 e. The topological polar surface area (TPSA) is 157 Å². The van der Waals surface area contributed by atoms with Gasteiger partial charge in [-0.2, -0.15) is 0 Å². The molecule has 13 heteroatoms. The highest BCUT2D eigenvalue weighted by Crippen LogP contribution is 2.28. The minimum atomic E-state index is -1.63. The van der Waals surface area contributed by atoms with E-state index in [0.29, 0.717) is 6.07 Å². The van der Waals surface area contributed by atoms with Gasteiger partial charge in [-0.1, -0.05) is 0 Å². The van der Waals surface area contributed by atoms with Gasteiger partial charge in [0.25, 0.3) is 0 Å². The maximum Gasteiger partial charge on any atom is 0.341 e. The van der Waals surface area contributed by atoms with E-state index in [1.54, 1.807) is 0 Å². The highest BCUT2D eigenvalue weighted by molar-refractivity contribution is 5.92. The number of halogens is 3. The Bertz CT molecular complexity index is 1400. The number of carboxylic acids is 1. The first-order valence-corrected chi connectivity index (χ1v) is 10.0. The minimum Gasteiger partial charge on any atom is -0.477 e. The second kappa shape index (κ2) is 8.33. The third-order valence-electron chi connectivity index (χ3n) is 5.41. The Morgan fingerprint density at radius 3 is 2.47 bits per heavy atom. The van der Waals surface area contributed by atoms with Crippen molar-refractivity contribution in [1.29, 1.82) is 0 Å². The Hall–Kier alpha value is -4.13. The number of nitrogens with two attached hydrogens (primary N) is 2. The molecule has 6 N–H and O–H groups in total. The number of pyridine rings is 2. The van der Waals surface area contributed by atoms with Crippen LogP contribution in [0.5, 0.6) is 0 Å². The number of aromatic carboxylic acids is 1.